The quantitative estimate of drug-likeness (QED) is 0.675. The second-order valence-corrected chi connectivity index (χ2v) is 3.97. The normalized spacial score (nSPS) is 29.0. The van der Waals surface area contributed by atoms with Crippen LogP contribution in [0.1, 0.15) is 18.9 Å². The van der Waals surface area contributed by atoms with E-state index in [1.807, 2.05) is 6.07 Å². The Morgan fingerprint density at radius 2 is 2.00 bits per heavy atom. The molecule has 1 atom stereocenters. The van der Waals surface area contributed by atoms with Gasteiger partial charge in [0, 0.05) is 6.54 Å². The van der Waals surface area contributed by atoms with Gasteiger partial charge in [0.2, 0.25) is 0 Å². The van der Waals surface area contributed by atoms with Gasteiger partial charge in [-0.25, -0.2) is 0 Å². The Balaban J connectivity index is 2.30. The molecule has 0 amide bonds. The predicted molar refractivity (Wildman–Crippen MR) is 57.0 cm³/mol. The van der Waals surface area contributed by atoms with Crippen LogP contribution < -0.4 is 0 Å². The van der Waals surface area contributed by atoms with Crippen LogP contribution in [0.15, 0.2) is 30.3 Å². The molecule has 0 bridgehead atoms. The van der Waals surface area contributed by atoms with Crippen LogP contribution in [0.5, 0.6) is 0 Å². The molecule has 0 saturated carbocycles. The zero-order valence-electron chi connectivity index (χ0n) is 8.86. The Labute approximate surface area is 85.5 Å². The lowest BCUT2D eigenvalue weighted by Gasteiger charge is -2.42. The second-order valence-electron chi connectivity index (χ2n) is 3.97. The standard InChI is InChI=1S/C12H17NO/c1-12(11-7-4-3-5-8-11)13(2)9-6-10-14-12/h3-5,7-8H,6,9-10H2,1-2H3. The molecule has 2 rings (SSSR count). The summed E-state index contributed by atoms with van der Waals surface area (Å²) in [7, 11) is 2.12. The Kier molecular flexibility index (Phi) is 2.57. The van der Waals surface area contributed by atoms with Gasteiger partial charge in [-0.1, -0.05) is 30.3 Å². The molecule has 1 aromatic rings. The molecule has 2 heteroatoms. The molecule has 1 fully saturated rings. The minimum atomic E-state index is -0.237. The van der Waals surface area contributed by atoms with Crippen molar-refractivity contribution in [1.29, 1.82) is 0 Å². The highest BCUT2D eigenvalue weighted by Crippen LogP contribution is 2.31. The van der Waals surface area contributed by atoms with Crippen molar-refractivity contribution in [2.45, 2.75) is 19.1 Å². The molecule has 1 aliphatic rings. The number of nitrogens with zero attached hydrogens (tertiary/aromatic N) is 1. The second kappa shape index (κ2) is 3.71. The van der Waals surface area contributed by atoms with E-state index in [0.29, 0.717) is 0 Å². The lowest BCUT2D eigenvalue weighted by Crippen LogP contribution is -2.47. The fourth-order valence-corrected chi connectivity index (χ4v) is 1.95. The van der Waals surface area contributed by atoms with E-state index in [-0.39, 0.29) is 5.72 Å². The molecule has 1 heterocycles. The Hall–Kier alpha value is -0.860. The van der Waals surface area contributed by atoms with Crippen LogP contribution >= 0.6 is 0 Å². The Morgan fingerprint density at radius 3 is 2.64 bits per heavy atom. The molecule has 1 aromatic carbocycles. The summed E-state index contributed by atoms with van der Waals surface area (Å²) in [6.07, 6.45) is 1.12. The molecule has 0 aromatic heterocycles. The van der Waals surface area contributed by atoms with Crippen molar-refractivity contribution in [2.75, 3.05) is 20.2 Å². The van der Waals surface area contributed by atoms with E-state index >= 15 is 0 Å². The third-order valence-electron chi connectivity index (χ3n) is 3.06. The SMILES string of the molecule is CN1CCCOC1(C)c1ccccc1. The van der Waals surface area contributed by atoms with E-state index in [1.54, 1.807) is 0 Å². The highest BCUT2D eigenvalue weighted by atomic mass is 16.5. The van der Waals surface area contributed by atoms with Crippen LogP contribution in [0.2, 0.25) is 0 Å². The van der Waals surface area contributed by atoms with E-state index in [1.165, 1.54) is 5.56 Å². The maximum absolute atomic E-state index is 5.89. The first-order chi connectivity index (χ1) is 6.73. The minimum absolute atomic E-state index is 0.237. The van der Waals surface area contributed by atoms with E-state index < -0.39 is 0 Å². The van der Waals surface area contributed by atoms with Gasteiger partial charge < -0.3 is 4.74 Å². The first kappa shape index (κ1) is 9.69. The van der Waals surface area contributed by atoms with Crippen LogP contribution in [0.4, 0.5) is 0 Å². The van der Waals surface area contributed by atoms with Gasteiger partial charge in [-0.05, 0) is 26.0 Å². The molecule has 1 unspecified atom stereocenters. The number of benzene rings is 1. The van der Waals surface area contributed by atoms with Crippen molar-refractivity contribution in [2.24, 2.45) is 0 Å². The molecular weight excluding hydrogens is 174 g/mol. The summed E-state index contributed by atoms with van der Waals surface area (Å²) < 4.78 is 5.89. The summed E-state index contributed by atoms with van der Waals surface area (Å²) in [6.45, 7) is 4.10. The van der Waals surface area contributed by atoms with Gasteiger partial charge in [0.05, 0.1) is 6.61 Å². The maximum Gasteiger partial charge on any atom is 0.144 e. The molecule has 2 nitrogen and oxygen atoms in total. The van der Waals surface area contributed by atoms with E-state index in [4.69, 9.17) is 4.74 Å². The van der Waals surface area contributed by atoms with Crippen LogP contribution in [0, 0.1) is 0 Å². The van der Waals surface area contributed by atoms with Crippen molar-refractivity contribution in [1.82, 2.24) is 4.90 Å². The molecule has 76 valence electrons. The highest BCUT2D eigenvalue weighted by molar-refractivity contribution is 5.21. The van der Waals surface area contributed by atoms with E-state index in [0.717, 1.165) is 19.6 Å². The molecule has 0 radical (unpaired) electrons. The minimum Gasteiger partial charge on any atom is -0.356 e. The van der Waals surface area contributed by atoms with Crippen LogP contribution in [-0.4, -0.2) is 25.1 Å². The van der Waals surface area contributed by atoms with Crippen molar-refractivity contribution >= 4 is 0 Å². The zero-order chi connectivity index (χ0) is 10.0. The number of hydrogen-bond donors (Lipinski definition) is 0. The smallest absolute Gasteiger partial charge is 0.144 e. The van der Waals surface area contributed by atoms with Gasteiger partial charge in [-0.15, -0.1) is 0 Å². The summed E-state index contributed by atoms with van der Waals surface area (Å²) >= 11 is 0. The molecule has 1 saturated heterocycles. The van der Waals surface area contributed by atoms with Crippen molar-refractivity contribution < 1.29 is 4.74 Å². The fourth-order valence-electron chi connectivity index (χ4n) is 1.95. The Bertz CT molecular complexity index is 298. The van der Waals surface area contributed by atoms with Crippen LogP contribution in [0.25, 0.3) is 0 Å². The van der Waals surface area contributed by atoms with Gasteiger partial charge in [-0.2, -0.15) is 0 Å². The first-order valence-corrected chi connectivity index (χ1v) is 5.14. The summed E-state index contributed by atoms with van der Waals surface area (Å²) in [6, 6.07) is 10.4. The number of rotatable bonds is 1. The van der Waals surface area contributed by atoms with Crippen molar-refractivity contribution in [3.05, 3.63) is 35.9 Å². The zero-order valence-corrected chi connectivity index (χ0v) is 8.86. The number of hydrogen-bond acceptors (Lipinski definition) is 2. The maximum atomic E-state index is 5.89. The summed E-state index contributed by atoms with van der Waals surface area (Å²) in [5.41, 5.74) is 1.00. The molecule has 0 N–H and O–H groups in total. The van der Waals surface area contributed by atoms with Crippen molar-refractivity contribution in [3.63, 3.8) is 0 Å². The lowest BCUT2D eigenvalue weighted by atomic mass is 10.0. The molecular formula is C12H17NO. The fraction of sp³-hybridized carbons (Fsp3) is 0.500. The van der Waals surface area contributed by atoms with Crippen molar-refractivity contribution in [3.8, 4) is 0 Å². The van der Waals surface area contributed by atoms with Gasteiger partial charge in [-0.3, -0.25) is 4.90 Å². The average Bonchev–Trinajstić information content (AvgIpc) is 2.24. The van der Waals surface area contributed by atoms with Gasteiger partial charge in [0.25, 0.3) is 0 Å². The molecule has 0 aliphatic carbocycles. The van der Waals surface area contributed by atoms with Crippen LogP contribution in [-0.2, 0) is 10.5 Å². The third kappa shape index (κ3) is 1.56. The summed E-state index contributed by atoms with van der Waals surface area (Å²) in [5, 5.41) is 0. The van der Waals surface area contributed by atoms with E-state index in [9.17, 15) is 0 Å². The monoisotopic (exact) mass is 191 g/mol. The van der Waals surface area contributed by atoms with Gasteiger partial charge in [0.15, 0.2) is 0 Å². The summed E-state index contributed by atoms with van der Waals surface area (Å²) in [5.74, 6) is 0. The number of ether oxygens (including phenoxy) is 1. The molecule has 1 aliphatic heterocycles. The lowest BCUT2D eigenvalue weighted by molar-refractivity contribution is -0.171. The Morgan fingerprint density at radius 1 is 1.29 bits per heavy atom. The highest BCUT2D eigenvalue weighted by Gasteiger charge is 2.34. The van der Waals surface area contributed by atoms with Gasteiger partial charge >= 0.3 is 0 Å². The predicted octanol–water partition coefficient (Wildman–Crippen LogP) is 2.21. The van der Waals surface area contributed by atoms with E-state index in [2.05, 4.69) is 43.1 Å². The average molecular weight is 191 g/mol. The molecule has 14 heavy (non-hydrogen) atoms. The topological polar surface area (TPSA) is 12.5 Å². The largest absolute Gasteiger partial charge is 0.356 e. The molecule has 0 spiro atoms. The van der Waals surface area contributed by atoms with Crippen LogP contribution in [0.3, 0.4) is 0 Å². The third-order valence-corrected chi connectivity index (χ3v) is 3.06. The summed E-state index contributed by atoms with van der Waals surface area (Å²) in [4.78, 5) is 2.27. The van der Waals surface area contributed by atoms with Gasteiger partial charge in [0.1, 0.15) is 5.72 Å². The first-order valence-electron chi connectivity index (χ1n) is 5.14.